The van der Waals surface area contributed by atoms with Crippen molar-refractivity contribution in [1.29, 1.82) is 0 Å². The first kappa shape index (κ1) is 14.1. The number of likely N-dealkylation sites (N-methyl/N-ethyl adjacent to an activating group) is 1. The fourth-order valence-corrected chi connectivity index (χ4v) is 3.67. The van der Waals surface area contributed by atoms with Gasteiger partial charge in [0.05, 0.1) is 14.2 Å². The second kappa shape index (κ2) is 5.19. The van der Waals surface area contributed by atoms with E-state index in [4.69, 9.17) is 9.47 Å². The summed E-state index contributed by atoms with van der Waals surface area (Å²) in [5, 5.41) is 0. The predicted octanol–water partition coefficient (Wildman–Crippen LogP) is 2.17. The third kappa shape index (κ3) is 2.14. The van der Waals surface area contributed by atoms with Gasteiger partial charge in [0.15, 0.2) is 17.3 Å². The lowest BCUT2D eigenvalue weighted by atomic mass is 9.69. The van der Waals surface area contributed by atoms with Gasteiger partial charge in [-0.3, -0.25) is 4.79 Å². The van der Waals surface area contributed by atoms with E-state index >= 15 is 0 Å². The lowest BCUT2D eigenvalue weighted by Gasteiger charge is -2.37. The molecule has 0 N–H and O–H groups in total. The number of carbonyl (C=O) groups excluding carboxylic acids is 1. The van der Waals surface area contributed by atoms with Crippen LogP contribution in [0, 0.1) is 0 Å². The molecule has 21 heavy (non-hydrogen) atoms. The average molecular weight is 287 g/mol. The highest BCUT2D eigenvalue weighted by molar-refractivity contribution is 5.92. The Kier molecular flexibility index (Phi) is 3.49. The van der Waals surface area contributed by atoms with Crippen LogP contribution in [-0.2, 0) is 10.2 Å². The third-order valence-corrected chi connectivity index (χ3v) is 4.89. The van der Waals surface area contributed by atoms with Gasteiger partial charge in [-0.1, -0.05) is 12.1 Å². The minimum Gasteiger partial charge on any atom is -0.493 e. The maximum absolute atomic E-state index is 11.8. The Morgan fingerprint density at radius 3 is 2.71 bits per heavy atom. The Bertz CT molecular complexity index is 596. The lowest BCUT2D eigenvalue weighted by molar-refractivity contribution is -0.116. The molecule has 4 heteroatoms. The Morgan fingerprint density at radius 2 is 2.00 bits per heavy atom. The monoisotopic (exact) mass is 287 g/mol. The van der Waals surface area contributed by atoms with E-state index in [1.165, 1.54) is 5.56 Å². The molecule has 4 nitrogen and oxygen atoms in total. The molecule has 1 saturated heterocycles. The summed E-state index contributed by atoms with van der Waals surface area (Å²) in [6.45, 7) is 0.997. The maximum atomic E-state index is 11.8. The second-order valence-electron chi connectivity index (χ2n) is 5.86. The lowest BCUT2D eigenvalue weighted by Crippen LogP contribution is -2.43. The summed E-state index contributed by atoms with van der Waals surface area (Å²) in [5.41, 5.74) is 1.10. The van der Waals surface area contributed by atoms with Crippen LogP contribution in [0.4, 0.5) is 0 Å². The summed E-state index contributed by atoms with van der Waals surface area (Å²) >= 11 is 0. The van der Waals surface area contributed by atoms with Crippen LogP contribution in [0.3, 0.4) is 0 Å². The molecule has 1 unspecified atom stereocenters. The Morgan fingerprint density at radius 1 is 1.24 bits per heavy atom. The molecule has 112 valence electrons. The molecule has 0 saturated carbocycles. The molecule has 1 heterocycles. The number of nitrogens with zero attached hydrogens (tertiary/aromatic N) is 1. The molecule has 0 spiro atoms. The van der Waals surface area contributed by atoms with Gasteiger partial charge < -0.3 is 14.4 Å². The van der Waals surface area contributed by atoms with E-state index in [9.17, 15) is 4.79 Å². The van der Waals surface area contributed by atoms with Gasteiger partial charge in [0.1, 0.15) is 0 Å². The topological polar surface area (TPSA) is 38.8 Å². The van der Waals surface area contributed by atoms with Crippen LogP contribution in [0.25, 0.3) is 0 Å². The van der Waals surface area contributed by atoms with E-state index in [0.29, 0.717) is 6.42 Å². The van der Waals surface area contributed by atoms with E-state index in [0.717, 1.165) is 24.5 Å². The van der Waals surface area contributed by atoms with Crippen molar-refractivity contribution in [3.05, 3.63) is 35.9 Å². The van der Waals surface area contributed by atoms with Gasteiger partial charge >= 0.3 is 0 Å². The number of rotatable bonds is 3. The molecule has 1 aliphatic heterocycles. The van der Waals surface area contributed by atoms with E-state index in [-0.39, 0.29) is 17.2 Å². The highest BCUT2D eigenvalue weighted by Gasteiger charge is 2.48. The molecule has 0 radical (unpaired) electrons. The predicted molar refractivity (Wildman–Crippen MR) is 81.0 cm³/mol. The normalized spacial score (nSPS) is 28.5. The smallest absolute Gasteiger partial charge is 0.161 e. The Labute approximate surface area is 125 Å². The Balaban J connectivity index is 2.09. The van der Waals surface area contributed by atoms with Crippen LogP contribution in [0.5, 0.6) is 11.5 Å². The van der Waals surface area contributed by atoms with Gasteiger partial charge in [-0.05, 0) is 43.8 Å². The number of hydrogen-bond donors (Lipinski definition) is 0. The zero-order valence-electron chi connectivity index (χ0n) is 12.8. The first-order chi connectivity index (χ1) is 10.1. The quantitative estimate of drug-likeness (QED) is 0.854. The summed E-state index contributed by atoms with van der Waals surface area (Å²) in [5.74, 6) is 1.68. The number of fused-ring (bicyclic) bond motifs is 1. The van der Waals surface area contributed by atoms with Crippen molar-refractivity contribution < 1.29 is 14.3 Å². The van der Waals surface area contributed by atoms with Crippen molar-refractivity contribution in [2.45, 2.75) is 24.3 Å². The minimum absolute atomic E-state index is 0.0950. The third-order valence-electron chi connectivity index (χ3n) is 4.89. The number of likely N-dealkylation sites (tertiary alicyclic amines) is 1. The molecule has 0 bridgehead atoms. The van der Waals surface area contributed by atoms with Crippen molar-refractivity contribution >= 4 is 5.78 Å². The van der Waals surface area contributed by atoms with Crippen LogP contribution in [0.15, 0.2) is 30.4 Å². The van der Waals surface area contributed by atoms with E-state index in [1.54, 1.807) is 20.3 Å². The first-order valence-electron chi connectivity index (χ1n) is 7.25. The van der Waals surface area contributed by atoms with Crippen LogP contribution >= 0.6 is 0 Å². The molecule has 1 aliphatic carbocycles. The van der Waals surface area contributed by atoms with Crippen LogP contribution in [-0.4, -0.2) is 44.5 Å². The molecular weight excluding hydrogens is 266 g/mol. The molecular formula is C17H21NO3. The van der Waals surface area contributed by atoms with Crippen LogP contribution < -0.4 is 9.47 Å². The molecule has 1 aromatic carbocycles. The molecule has 2 aliphatic rings. The average Bonchev–Trinajstić information content (AvgIpc) is 2.85. The van der Waals surface area contributed by atoms with E-state index < -0.39 is 0 Å². The van der Waals surface area contributed by atoms with Gasteiger partial charge in [0.2, 0.25) is 0 Å². The molecule has 0 aromatic heterocycles. The first-order valence-corrected chi connectivity index (χ1v) is 7.25. The van der Waals surface area contributed by atoms with Gasteiger partial charge in [-0.25, -0.2) is 0 Å². The molecule has 2 atom stereocenters. The number of carbonyl (C=O) groups is 1. The van der Waals surface area contributed by atoms with Crippen molar-refractivity contribution in [2.75, 3.05) is 27.8 Å². The number of benzene rings is 1. The zero-order chi connectivity index (χ0) is 15.0. The number of allylic oxidation sites excluding steroid dienone is 1. The van der Waals surface area contributed by atoms with Gasteiger partial charge in [0.25, 0.3) is 0 Å². The summed E-state index contributed by atoms with van der Waals surface area (Å²) in [7, 11) is 5.39. The van der Waals surface area contributed by atoms with Crippen molar-refractivity contribution in [3.63, 3.8) is 0 Å². The van der Waals surface area contributed by atoms with Gasteiger partial charge in [-0.15, -0.1) is 0 Å². The number of methoxy groups -OCH3 is 2. The van der Waals surface area contributed by atoms with Crippen molar-refractivity contribution in [2.24, 2.45) is 0 Å². The fraction of sp³-hybridized carbons (Fsp3) is 0.471. The van der Waals surface area contributed by atoms with Crippen molar-refractivity contribution in [1.82, 2.24) is 4.90 Å². The summed E-state index contributed by atoms with van der Waals surface area (Å²) in [6.07, 6.45) is 5.44. The Hall–Kier alpha value is -1.81. The largest absolute Gasteiger partial charge is 0.493 e. The highest BCUT2D eigenvalue weighted by Crippen LogP contribution is 2.46. The number of hydrogen-bond acceptors (Lipinski definition) is 4. The highest BCUT2D eigenvalue weighted by atomic mass is 16.5. The minimum atomic E-state index is -0.0950. The standard InChI is InChI=1S/C17H21NO3/c1-18-9-8-17(7-6-13(19)11-16(17)18)12-4-5-14(20-2)15(10-12)21-3/h4-7,10,16H,8-9,11H2,1-3H3/t16?,17-/m1/s1. The van der Waals surface area contributed by atoms with Crippen LogP contribution in [0.1, 0.15) is 18.4 Å². The maximum Gasteiger partial charge on any atom is 0.161 e. The zero-order valence-corrected chi connectivity index (χ0v) is 12.8. The molecule has 1 aromatic rings. The molecule has 3 rings (SSSR count). The summed E-state index contributed by atoms with van der Waals surface area (Å²) in [4.78, 5) is 14.1. The van der Waals surface area contributed by atoms with E-state index in [1.807, 2.05) is 12.1 Å². The fourth-order valence-electron chi connectivity index (χ4n) is 3.67. The summed E-state index contributed by atoms with van der Waals surface area (Å²) in [6, 6.07) is 6.31. The van der Waals surface area contributed by atoms with Gasteiger partial charge in [0, 0.05) is 17.9 Å². The SMILES string of the molecule is COc1ccc([C@]23C=CC(=O)CC2N(C)CC3)cc1OC. The number of ketones is 1. The number of ether oxygens (including phenoxy) is 2. The molecule has 1 fully saturated rings. The second-order valence-corrected chi connectivity index (χ2v) is 5.86. The molecule has 0 amide bonds. The van der Waals surface area contributed by atoms with E-state index in [2.05, 4.69) is 24.1 Å². The van der Waals surface area contributed by atoms with Gasteiger partial charge in [-0.2, -0.15) is 0 Å². The van der Waals surface area contributed by atoms with Crippen LogP contribution in [0.2, 0.25) is 0 Å². The summed E-state index contributed by atoms with van der Waals surface area (Å²) < 4.78 is 10.7. The van der Waals surface area contributed by atoms with Crippen molar-refractivity contribution in [3.8, 4) is 11.5 Å².